The molecule has 4 nitrogen and oxygen atoms in total. The van der Waals surface area contributed by atoms with Gasteiger partial charge in [0.1, 0.15) is 11.4 Å². The number of nitrogens with zero attached hydrogens (tertiary/aromatic N) is 2. The number of hydrogen-bond donors (Lipinski definition) is 2. The lowest BCUT2D eigenvalue weighted by atomic mass is 10.0. The zero-order chi connectivity index (χ0) is 22.3. The zero-order valence-electron chi connectivity index (χ0n) is 17.8. The molecule has 0 fully saturated rings. The summed E-state index contributed by atoms with van der Waals surface area (Å²) in [6.45, 7) is 4.05. The number of aromatic nitrogens is 2. The largest absolute Gasteiger partial charge is 0.421 e. The monoisotopic (exact) mass is 428 g/mol. The number of rotatable bonds is 9. The van der Waals surface area contributed by atoms with Gasteiger partial charge in [-0.3, -0.25) is 0 Å². The van der Waals surface area contributed by atoms with Gasteiger partial charge in [0, 0.05) is 17.6 Å². The first-order valence-corrected chi connectivity index (χ1v) is 10.5. The fraction of sp³-hybridized carbons (Fsp3) is 0.333. The molecular formula is C24H27F3N4. The number of alkyl halides is 3. The summed E-state index contributed by atoms with van der Waals surface area (Å²) in [7, 11) is 0. The fourth-order valence-electron chi connectivity index (χ4n) is 3.31. The fourth-order valence-corrected chi connectivity index (χ4v) is 3.31. The summed E-state index contributed by atoms with van der Waals surface area (Å²) in [5, 5.41) is 5.93. The van der Waals surface area contributed by atoms with Gasteiger partial charge in [-0.2, -0.15) is 18.2 Å². The van der Waals surface area contributed by atoms with Crippen molar-refractivity contribution in [2.75, 3.05) is 10.6 Å². The number of benzene rings is 2. The minimum absolute atomic E-state index is 0.102. The van der Waals surface area contributed by atoms with Crippen LogP contribution < -0.4 is 10.6 Å². The lowest BCUT2D eigenvalue weighted by Crippen LogP contribution is -2.13. The van der Waals surface area contributed by atoms with Gasteiger partial charge in [-0.25, -0.2) is 4.98 Å². The lowest BCUT2D eigenvalue weighted by molar-refractivity contribution is -0.137. The maximum atomic E-state index is 13.6. The highest BCUT2D eigenvalue weighted by Gasteiger charge is 2.35. The molecule has 0 unspecified atom stereocenters. The summed E-state index contributed by atoms with van der Waals surface area (Å²) < 4.78 is 40.9. The second-order valence-corrected chi connectivity index (χ2v) is 7.49. The second kappa shape index (κ2) is 10.3. The number of para-hydroxylation sites is 2. The van der Waals surface area contributed by atoms with Crippen molar-refractivity contribution in [3.8, 4) is 0 Å². The Morgan fingerprint density at radius 3 is 2.29 bits per heavy atom. The Bertz CT molecular complexity index is 1000. The highest BCUT2D eigenvalue weighted by molar-refractivity contribution is 5.66. The molecule has 0 saturated carbocycles. The average Bonchev–Trinajstić information content (AvgIpc) is 2.73. The van der Waals surface area contributed by atoms with Gasteiger partial charge in [-0.15, -0.1) is 0 Å². The van der Waals surface area contributed by atoms with Crippen LogP contribution in [0.25, 0.3) is 0 Å². The summed E-state index contributed by atoms with van der Waals surface area (Å²) in [5.74, 6) is -0.162. The van der Waals surface area contributed by atoms with Crippen LogP contribution in [-0.4, -0.2) is 9.97 Å². The van der Waals surface area contributed by atoms with E-state index in [0.29, 0.717) is 5.69 Å². The van der Waals surface area contributed by atoms with Crippen LogP contribution in [0.1, 0.15) is 49.3 Å². The molecule has 0 atom stereocenters. The molecule has 1 heterocycles. The van der Waals surface area contributed by atoms with E-state index >= 15 is 0 Å². The van der Waals surface area contributed by atoms with Gasteiger partial charge < -0.3 is 10.6 Å². The molecule has 0 saturated heterocycles. The van der Waals surface area contributed by atoms with Crippen molar-refractivity contribution in [1.82, 2.24) is 9.97 Å². The molecule has 164 valence electrons. The van der Waals surface area contributed by atoms with E-state index in [1.165, 1.54) is 0 Å². The van der Waals surface area contributed by atoms with Gasteiger partial charge in [0.2, 0.25) is 5.95 Å². The van der Waals surface area contributed by atoms with E-state index in [0.717, 1.165) is 55.1 Å². The molecule has 0 bridgehead atoms. The molecule has 1 aromatic heterocycles. The maximum Gasteiger partial charge on any atom is 0.421 e. The first-order valence-electron chi connectivity index (χ1n) is 10.5. The van der Waals surface area contributed by atoms with Gasteiger partial charge in [0.25, 0.3) is 0 Å². The smallest absolute Gasteiger partial charge is 0.339 e. The van der Waals surface area contributed by atoms with Crippen molar-refractivity contribution in [3.63, 3.8) is 0 Å². The van der Waals surface area contributed by atoms with Crippen LogP contribution in [0.2, 0.25) is 0 Å². The van der Waals surface area contributed by atoms with Gasteiger partial charge in [0.15, 0.2) is 0 Å². The van der Waals surface area contributed by atoms with E-state index in [1.54, 1.807) is 12.1 Å². The molecule has 3 aromatic rings. The molecule has 7 heteroatoms. The number of hydrogen-bond acceptors (Lipinski definition) is 4. The molecule has 0 radical (unpaired) electrons. The first-order chi connectivity index (χ1) is 14.9. The van der Waals surface area contributed by atoms with Crippen molar-refractivity contribution in [1.29, 1.82) is 0 Å². The number of anilines is 4. The van der Waals surface area contributed by atoms with Crippen LogP contribution in [0.5, 0.6) is 0 Å². The Balaban J connectivity index is 1.89. The zero-order valence-corrected chi connectivity index (χ0v) is 17.8. The van der Waals surface area contributed by atoms with Crippen LogP contribution in [-0.2, 0) is 12.6 Å². The van der Waals surface area contributed by atoms with Crippen LogP contribution in [0.15, 0.2) is 54.7 Å². The molecule has 0 aliphatic heterocycles. The quantitative estimate of drug-likeness (QED) is 0.348. The van der Waals surface area contributed by atoms with Crippen molar-refractivity contribution < 1.29 is 13.2 Å². The SMILES string of the molecule is CCCCCCc1ccccc1Nc1nc(Nc2ccccc2C)ncc1C(F)(F)F. The summed E-state index contributed by atoms with van der Waals surface area (Å²) in [4.78, 5) is 8.06. The molecule has 0 spiro atoms. The Kier molecular flexibility index (Phi) is 7.50. The Morgan fingerprint density at radius 2 is 1.58 bits per heavy atom. The maximum absolute atomic E-state index is 13.6. The highest BCUT2D eigenvalue weighted by Crippen LogP contribution is 2.36. The van der Waals surface area contributed by atoms with E-state index in [1.807, 2.05) is 43.3 Å². The molecule has 31 heavy (non-hydrogen) atoms. The van der Waals surface area contributed by atoms with Crippen molar-refractivity contribution in [2.45, 2.75) is 52.1 Å². The van der Waals surface area contributed by atoms with Gasteiger partial charge >= 0.3 is 6.18 Å². The van der Waals surface area contributed by atoms with Crippen LogP contribution in [0.3, 0.4) is 0 Å². The van der Waals surface area contributed by atoms with Crippen molar-refractivity contribution in [3.05, 3.63) is 71.4 Å². The Morgan fingerprint density at radius 1 is 0.871 bits per heavy atom. The number of unbranched alkanes of at least 4 members (excludes halogenated alkanes) is 3. The highest BCUT2D eigenvalue weighted by atomic mass is 19.4. The first kappa shape index (κ1) is 22.6. The van der Waals surface area contributed by atoms with Gasteiger partial charge in [-0.05, 0) is 43.0 Å². The molecule has 2 N–H and O–H groups in total. The van der Waals surface area contributed by atoms with E-state index in [-0.39, 0.29) is 11.8 Å². The predicted molar refractivity (Wildman–Crippen MR) is 119 cm³/mol. The molecule has 3 rings (SSSR count). The van der Waals surface area contributed by atoms with Crippen LogP contribution in [0, 0.1) is 6.92 Å². The minimum atomic E-state index is -4.57. The summed E-state index contributed by atoms with van der Waals surface area (Å²) >= 11 is 0. The topological polar surface area (TPSA) is 49.8 Å². The van der Waals surface area contributed by atoms with E-state index < -0.39 is 11.7 Å². The molecular weight excluding hydrogens is 401 g/mol. The standard InChI is InChI=1S/C24H27F3N4/c1-3-4-5-6-12-18-13-8-10-15-21(18)29-22-19(24(25,26)27)16-28-23(31-22)30-20-14-9-7-11-17(20)2/h7-11,13-16H,3-6,12H2,1-2H3,(H2,28,29,30,31). The van der Waals surface area contributed by atoms with Gasteiger partial charge in [-0.1, -0.05) is 62.6 Å². The molecule has 0 aliphatic rings. The lowest BCUT2D eigenvalue weighted by Gasteiger charge is -2.17. The van der Waals surface area contributed by atoms with E-state index in [2.05, 4.69) is 27.5 Å². The summed E-state index contributed by atoms with van der Waals surface area (Å²) in [5.41, 5.74) is 2.38. The number of nitrogens with one attached hydrogen (secondary N) is 2. The van der Waals surface area contributed by atoms with E-state index in [4.69, 9.17) is 0 Å². The molecule has 2 aromatic carbocycles. The third-order valence-corrected chi connectivity index (χ3v) is 5.06. The number of aryl methyl sites for hydroxylation is 2. The molecule has 0 amide bonds. The minimum Gasteiger partial charge on any atom is -0.339 e. The Hall–Kier alpha value is -3.09. The predicted octanol–water partition coefficient (Wildman–Crippen LogP) is 7.41. The average molecular weight is 429 g/mol. The summed E-state index contributed by atoms with van der Waals surface area (Å²) in [6, 6.07) is 14.9. The summed E-state index contributed by atoms with van der Waals surface area (Å²) in [6.07, 6.45) is 1.41. The normalized spacial score (nSPS) is 11.4. The van der Waals surface area contributed by atoms with Crippen LogP contribution in [0.4, 0.5) is 36.3 Å². The molecule has 0 aliphatic carbocycles. The van der Waals surface area contributed by atoms with E-state index in [9.17, 15) is 13.2 Å². The van der Waals surface area contributed by atoms with Crippen LogP contribution >= 0.6 is 0 Å². The third kappa shape index (κ3) is 6.20. The van der Waals surface area contributed by atoms with Crippen molar-refractivity contribution in [2.24, 2.45) is 0 Å². The Labute approximate surface area is 181 Å². The number of halogens is 3. The van der Waals surface area contributed by atoms with Gasteiger partial charge in [0.05, 0.1) is 0 Å². The van der Waals surface area contributed by atoms with Crippen molar-refractivity contribution >= 4 is 23.1 Å². The third-order valence-electron chi connectivity index (χ3n) is 5.06. The second-order valence-electron chi connectivity index (χ2n) is 7.49.